The van der Waals surface area contributed by atoms with Gasteiger partial charge in [0.25, 0.3) is 0 Å². The van der Waals surface area contributed by atoms with Crippen LogP contribution in [-0.4, -0.2) is 77.4 Å². The third-order valence-electron chi connectivity index (χ3n) is 6.55. The lowest BCUT2D eigenvalue weighted by Crippen LogP contribution is -2.48. The highest BCUT2D eigenvalue weighted by Gasteiger charge is 2.24. The van der Waals surface area contributed by atoms with Crippen LogP contribution in [0.25, 0.3) is 33.8 Å². The maximum Gasteiger partial charge on any atom is 0.248 e. The molecule has 1 saturated heterocycles. The number of rotatable bonds is 7. The molecule has 0 spiro atoms. The largest absolute Gasteiger partial charge is 0.376 e. The first-order valence-electron chi connectivity index (χ1n) is 12.0. The monoisotopic (exact) mass is 477 g/mol. The lowest BCUT2D eigenvalue weighted by Gasteiger charge is -2.36. The molecule has 0 radical (unpaired) electrons. The van der Waals surface area contributed by atoms with Crippen LogP contribution >= 0.6 is 0 Å². The molecule has 5 rings (SSSR count). The summed E-state index contributed by atoms with van der Waals surface area (Å²) < 4.78 is 9.54. The fraction of sp³-hybridized carbons (Fsp3) is 0.458. The van der Waals surface area contributed by atoms with E-state index in [1.165, 1.54) is 0 Å². The Morgan fingerprint density at radius 2 is 2.06 bits per heavy atom. The third-order valence-corrected chi connectivity index (χ3v) is 6.55. The van der Waals surface area contributed by atoms with Gasteiger partial charge in [-0.15, -0.1) is 0 Å². The van der Waals surface area contributed by atoms with E-state index in [9.17, 15) is 4.79 Å². The number of primary amides is 1. The Kier molecular flexibility index (Phi) is 6.12. The zero-order chi connectivity index (χ0) is 24.7. The molecule has 2 atom stereocenters. The van der Waals surface area contributed by atoms with Gasteiger partial charge in [0.1, 0.15) is 5.69 Å². The lowest BCUT2D eigenvalue weighted by atomic mass is 10.0. The molecule has 11 nitrogen and oxygen atoms in total. The molecular weight excluding hydrogens is 446 g/mol. The van der Waals surface area contributed by atoms with Crippen molar-refractivity contribution < 1.29 is 9.53 Å². The van der Waals surface area contributed by atoms with Gasteiger partial charge in [-0.3, -0.25) is 24.2 Å². The number of amides is 1. The van der Waals surface area contributed by atoms with Crippen molar-refractivity contribution in [2.24, 2.45) is 5.73 Å². The predicted octanol–water partition coefficient (Wildman–Crippen LogP) is 2.22. The fourth-order valence-corrected chi connectivity index (χ4v) is 4.66. The molecule has 11 heteroatoms. The van der Waals surface area contributed by atoms with Gasteiger partial charge in [0.2, 0.25) is 5.91 Å². The zero-order valence-corrected chi connectivity index (χ0v) is 20.5. The van der Waals surface area contributed by atoms with E-state index in [1.807, 2.05) is 29.3 Å². The van der Waals surface area contributed by atoms with E-state index in [4.69, 9.17) is 15.5 Å². The summed E-state index contributed by atoms with van der Waals surface area (Å²) in [4.78, 5) is 19.3. The van der Waals surface area contributed by atoms with Crippen molar-refractivity contribution in [2.75, 3.05) is 19.7 Å². The van der Waals surface area contributed by atoms with E-state index in [0.29, 0.717) is 41.9 Å². The van der Waals surface area contributed by atoms with E-state index >= 15 is 0 Å². The minimum Gasteiger partial charge on any atom is -0.376 e. The van der Waals surface area contributed by atoms with Gasteiger partial charge in [-0.2, -0.15) is 15.3 Å². The number of aromatic amines is 1. The summed E-state index contributed by atoms with van der Waals surface area (Å²) in [5, 5.41) is 17.5. The quantitative estimate of drug-likeness (QED) is 0.417. The minimum atomic E-state index is -0.507. The smallest absolute Gasteiger partial charge is 0.248 e. The number of nitrogens with zero attached hydrogens (tertiary/aromatic N) is 7. The van der Waals surface area contributed by atoms with Crippen molar-refractivity contribution in [3.63, 3.8) is 0 Å². The van der Waals surface area contributed by atoms with E-state index in [2.05, 4.69) is 39.1 Å². The molecule has 4 aromatic rings. The number of hydrogen-bond donors (Lipinski definition) is 2. The minimum absolute atomic E-state index is 0.210. The Bertz CT molecular complexity index is 1370. The Morgan fingerprint density at radius 1 is 1.23 bits per heavy atom. The first-order valence-corrected chi connectivity index (χ1v) is 12.0. The van der Waals surface area contributed by atoms with Crippen molar-refractivity contribution >= 4 is 16.8 Å². The summed E-state index contributed by atoms with van der Waals surface area (Å²) in [5.41, 5.74) is 9.37. The van der Waals surface area contributed by atoms with Crippen LogP contribution < -0.4 is 5.73 Å². The molecule has 4 heterocycles. The number of aryl methyl sites for hydroxylation is 2. The van der Waals surface area contributed by atoms with Crippen LogP contribution in [-0.2, 0) is 17.8 Å². The molecule has 1 fully saturated rings. The van der Waals surface area contributed by atoms with Gasteiger partial charge < -0.3 is 10.5 Å². The van der Waals surface area contributed by atoms with E-state index in [1.54, 1.807) is 18.3 Å². The fourth-order valence-electron chi connectivity index (χ4n) is 4.66. The van der Waals surface area contributed by atoms with Gasteiger partial charge in [0.15, 0.2) is 11.6 Å². The van der Waals surface area contributed by atoms with Gasteiger partial charge in [0, 0.05) is 42.2 Å². The van der Waals surface area contributed by atoms with Crippen molar-refractivity contribution in [3.8, 4) is 22.9 Å². The summed E-state index contributed by atoms with van der Waals surface area (Å²) in [6, 6.07) is 5.84. The number of fused-ring (bicyclic) bond motifs is 1. The number of nitrogens with two attached hydrogens (primary N) is 1. The first kappa shape index (κ1) is 23.2. The van der Waals surface area contributed by atoms with Crippen LogP contribution in [0.5, 0.6) is 0 Å². The molecule has 0 saturated carbocycles. The highest BCUT2D eigenvalue weighted by Crippen LogP contribution is 2.30. The third kappa shape index (κ3) is 4.44. The molecular formula is C24H31N9O2. The Labute approximate surface area is 203 Å². The summed E-state index contributed by atoms with van der Waals surface area (Å²) in [6.07, 6.45) is 2.01. The first-order chi connectivity index (χ1) is 16.8. The number of nitrogens with one attached hydrogen (secondary N) is 1. The summed E-state index contributed by atoms with van der Waals surface area (Å²) >= 11 is 0. The number of H-pyrrole nitrogens is 1. The molecule has 35 heavy (non-hydrogen) atoms. The number of carbonyl (C=O) groups is 1. The van der Waals surface area contributed by atoms with Gasteiger partial charge in [-0.1, -0.05) is 0 Å². The number of ether oxygens (including phenoxy) is 1. The van der Waals surface area contributed by atoms with Crippen LogP contribution in [0.3, 0.4) is 0 Å². The normalized spacial score (nSPS) is 19.0. The molecule has 0 bridgehead atoms. The maximum atomic E-state index is 12.2. The van der Waals surface area contributed by atoms with Crippen LogP contribution in [0.4, 0.5) is 0 Å². The topological polar surface area (TPSA) is 133 Å². The lowest BCUT2D eigenvalue weighted by molar-refractivity contribution is -0.0503. The highest BCUT2D eigenvalue weighted by molar-refractivity contribution is 6.02. The van der Waals surface area contributed by atoms with E-state index in [0.717, 1.165) is 42.0 Å². The molecule has 1 aromatic carbocycles. The molecule has 0 aliphatic carbocycles. The van der Waals surface area contributed by atoms with Crippen molar-refractivity contribution in [1.29, 1.82) is 0 Å². The average Bonchev–Trinajstić information content (AvgIpc) is 3.57. The number of carbonyl (C=O) groups excluding carboxylic acids is 1. The van der Waals surface area contributed by atoms with Crippen molar-refractivity contribution in [1.82, 2.24) is 39.6 Å². The SMILES string of the molecule is CCn1nc(C)cc1-c1nc(-c2cc(C(N)=O)cc3c2cnn3CCN2C[C@@H](C)OC[C@H]2C)n[nH]1. The molecule has 184 valence electrons. The molecule has 3 aromatic heterocycles. The van der Waals surface area contributed by atoms with Gasteiger partial charge in [0.05, 0.1) is 36.7 Å². The molecule has 1 aliphatic rings. The number of morpholine rings is 1. The zero-order valence-electron chi connectivity index (χ0n) is 20.5. The maximum absolute atomic E-state index is 12.2. The van der Waals surface area contributed by atoms with Crippen molar-refractivity contribution in [2.45, 2.75) is 52.9 Å². The second kappa shape index (κ2) is 9.23. The van der Waals surface area contributed by atoms with E-state index in [-0.39, 0.29) is 6.10 Å². The van der Waals surface area contributed by atoms with Gasteiger partial charge in [-0.25, -0.2) is 4.98 Å². The van der Waals surface area contributed by atoms with Gasteiger partial charge in [-0.05, 0) is 45.9 Å². The van der Waals surface area contributed by atoms with Crippen LogP contribution in [0.1, 0.15) is 36.8 Å². The Hall–Kier alpha value is -3.57. The van der Waals surface area contributed by atoms with Crippen molar-refractivity contribution in [3.05, 3.63) is 35.7 Å². The highest BCUT2D eigenvalue weighted by atomic mass is 16.5. The average molecular weight is 478 g/mol. The molecule has 0 unspecified atom stereocenters. The van der Waals surface area contributed by atoms with Crippen LogP contribution in [0.2, 0.25) is 0 Å². The Balaban J connectivity index is 1.50. The molecule has 1 amide bonds. The second-order valence-corrected chi connectivity index (χ2v) is 9.17. The number of aromatic nitrogens is 7. The summed E-state index contributed by atoms with van der Waals surface area (Å²) in [7, 11) is 0. The standard InChI is InChI=1S/C24H31N9O2/c1-5-32-21(8-14(2)30-32)24-27-23(28-29-24)18-9-17(22(25)34)10-20-19(18)11-26-33(20)7-6-31-12-16(4)35-13-15(31)3/h8-11,15-16H,5-7,12-13H2,1-4H3,(H2,25,34)(H,27,28,29)/t15-,16-/m1/s1. The number of hydrogen-bond acceptors (Lipinski definition) is 7. The van der Waals surface area contributed by atoms with E-state index < -0.39 is 5.91 Å². The Morgan fingerprint density at radius 3 is 2.83 bits per heavy atom. The van der Waals surface area contributed by atoms with Crippen LogP contribution in [0, 0.1) is 6.92 Å². The number of benzene rings is 1. The summed E-state index contributed by atoms with van der Waals surface area (Å²) in [6.45, 7) is 12.1. The van der Waals surface area contributed by atoms with Gasteiger partial charge >= 0.3 is 0 Å². The summed E-state index contributed by atoms with van der Waals surface area (Å²) in [5.74, 6) is 0.583. The molecule has 3 N–H and O–H groups in total. The second-order valence-electron chi connectivity index (χ2n) is 9.17. The predicted molar refractivity (Wildman–Crippen MR) is 132 cm³/mol. The van der Waals surface area contributed by atoms with Crippen LogP contribution in [0.15, 0.2) is 24.4 Å². The molecule has 1 aliphatic heterocycles.